The number of hydrogen-bond acceptors (Lipinski definition) is 5. The molecular formula is C20H20N4O2. The van der Waals surface area contributed by atoms with Gasteiger partial charge in [-0.05, 0) is 42.7 Å². The average molecular weight is 348 g/mol. The summed E-state index contributed by atoms with van der Waals surface area (Å²) in [7, 11) is 0. The normalized spacial score (nSPS) is 10.4. The van der Waals surface area contributed by atoms with Crippen LogP contribution in [0.5, 0.6) is 0 Å². The first-order valence-electron chi connectivity index (χ1n) is 8.34. The third-order valence-electron chi connectivity index (χ3n) is 4.04. The van der Waals surface area contributed by atoms with Crippen LogP contribution in [-0.2, 0) is 6.42 Å². The fraction of sp³-hybridized carbons (Fsp3) is 0.150. The summed E-state index contributed by atoms with van der Waals surface area (Å²) in [5.74, 6) is 0.280. The number of carbonyl (C=O) groups is 1. The molecule has 0 atom stereocenters. The summed E-state index contributed by atoms with van der Waals surface area (Å²) < 4.78 is 0. The topological polar surface area (TPSA) is 87.1 Å². The first-order valence-corrected chi connectivity index (χ1v) is 8.34. The second-order valence-corrected chi connectivity index (χ2v) is 5.89. The molecule has 0 saturated heterocycles. The van der Waals surface area contributed by atoms with Crippen molar-refractivity contribution in [2.24, 2.45) is 0 Å². The number of anilines is 4. The second kappa shape index (κ2) is 7.65. The van der Waals surface area contributed by atoms with Gasteiger partial charge in [-0.25, -0.2) is 14.8 Å². The molecule has 0 radical (unpaired) electrons. The number of aryl methyl sites for hydroxylation is 2. The van der Waals surface area contributed by atoms with E-state index in [1.807, 2.05) is 6.07 Å². The van der Waals surface area contributed by atoms with Gasteiger partial charge in [-0.2, -0.15) is 0 Å². The molecule has 3 rings (SSSR count). The third-order valence-corrected chi connectivity index (χ3v) is 4.04. The van der Waals surface area contributed by atoms with Crippen LogP contribution in [-0.4, -0.2) is 21.0 Å². The van der Waals surface area contributed by atoms with Crippen LogP contribution in [0.1, 0.15) is 28.4 Å². The van der Waals surface area contributed by atoms with Crippen LogP contribution in [0.3, 0.4) is 0 Å². The lowest BCUT2D eigenvalue weighted by Crippen LogP contribution is -2.02. The summed E-state index contributed by atoms with van der Waals surface area (Å²) in [4.78, 5) is 19.6. The van der Waals surface area contributed by atoms with Crippen LogP contribution in [0.15, 0.2) is 54.9 Å². The number of rotatable bonds is 6. The van der Waals surface area contributed by atoms with Crippen molar-refractivity contribution >= 4 is 29.0 Å². The molecule has 0 bridgehead atoms. The summed E-state index contributed by atoms with van der Waals surface area (Å²) in [6, 6.07) is 14.6. The Kier molecular flexibility index (Phi) is 5.12. The molecule has 0 saturated carbocycles. The third kappa shape index (κ3) is 3.97. The Labute approximate surface area is 152 Å². The van der Waals surface area contributed by atoms with Crippen LogP contribution >= 0.6 is 0 Å². The highest BCUT2D eigenvalue weighted by Crippen LogP contribution is 2.25. The zero-order valence-corrected chi connectivity index (χ0v) is 14.7. The van der Waals surface area contributed by atoms with Crippen LogP contribution in [0.2, 0.25) is 0 Å². The molecule has 3 aromatic rings. The lowest BCUT2D eigenvalue weighted by Gasteiger charge is -2.14. The average Bonchev–Trinajstić information content (AvgIpc) is 2.64. The SMILES string of the molecule is CCc1cccc(C)c1Nc1cc(Nc2cccc(C(=O)O)c2)ncn1. The minimum absolute atomic E-state index is 0.218. The van der Waals surface area contributed by atoms with Crippen LogP contribution < -0.4 is 10.6 Å². The minimum Gasteiger partial charge on any atom is -0.478 e. The molecule has 1 aromatic heterocycles. The van der Waals surface area contributed by atoms with Gasteiger partial charge in [0, 0.05) is 17.4 Å². The summed E-state index contributed by atoms with van der Waals surface area (Å²) in [6.07, 6.45) is 2.39. The lowest BCUT2D eigenvalue weighted by atomic mass is 10.1. The Morgan fingerprint density at radius 3 is 2.50 bits per heavy atom. The number of hydrogen-bond donors (Lipinski definition) is 3. The van der Waals surface area contributed by atoms with Gasteiger partial charge in [0.25, 0.3) is 0 Å². The maximum Gasteiger partial charge on any atom is 0.335 e. The fourth-order valence-corrected chi connectivity index (χ4v) is 2.70. The minimum atomic E-state index is -0.967. The van der Waals surface area contributed by atoms with Gasteiger partial charge in [0.2, 0.25) is 0 Å². The van der Waals surface area contributed by atoms with E-state index >= 15 is 0 Å². The quantitative estimate of drug-likeness (QED) is 0.606. The van der Waals surface area contributed by atoms with E-state index in [9.17, 15) is 4.79 Å². The molecule has 1 heterocycles. The van der Waals surface area contributed by atoms with Crippen molar-refractivity contribution in [2.75, 3.05) is 10.6 Å². The Morgan fingerprint density at radius 2 is 1.77 bits per heavy atom. The highest BCUT2D eigenvalue weighted by Gasteiger charge is 2.07. The van der Waals surface area contributed by atoms with Crippen molar-refractivity contribution in [1.29, 1.82) is 0 Å². The zero-order chi connectivity index (χ0) is 18.5. The number of aromatic carboxylic acids is 1. The number of aromatic nitrogens is 2. The van der Waals surface area contributed by atoms with Crippen molar-refractivity contribution in [2.45, 2.75) is 20.3 Å². The molecule has 26 heavy (non-hydrogen) atoms. The molecule has 0 aliphatic rings. The van der Waals surface area contributed by atoms with E-state index in [1.54, 1.807) is 30.3 Å². The monoisotopic (exact) mass is 348 g/mol. The molecule has 132 valence electrons. The van der Waals surface area contributed by atoms with E-state index in [0.29, 0.717) is 17.3 Å². The molecule has 0 spiro atoms. The van der Waals surface area contributed by atoms with E-state index in [2.05, 4.69) is 46.6 Å². The molecule has 6 nitrogen and oxygen atoms in total. The summed E-state index contributed by atoms with van der Waals surface area (Å²) >= 11 is 0. The first kappa shape index (κ1) is 17.4. The fourth-order valence-electron chi connectivity index (χ4n) is 2.70. The van der Waals surface area contributed by atoms with Gasteiger partial charge in [-0.15, -0.1) is 0 Å². The van der Waals surface area contributed by atoms with Gasteiger partial charge >= 0.3 is 5.97 Å². The molecule has 0 unspecified atom stereocenters. The number of nitrogens with one attached hydrogen (secondary N) is 2. The number of nitrogens with zero attached hydrogens (tertiary/aromatic N) is 2. The Balaban J connectivity index is 1.83. The smallest absolute Gasteiger partial charge is 0.335 e. The lowest BCUT2D eigenvalue weighted by molar-refractivity contribution is 0.0697. The number of benzene rings is 2. The van der Waals surface area contributed by atoms with E-state index in [1.165, 1.54) is 11.9 Å². The zero-order valence-electron chi connectivity index (χ0n) is 14.7. The van der Waals surface area contributed by atoms with Gasteiger partial charge in [-0.3, -0.25) is 0 Å². The molecule has 0 aliphatic heterocycles. The van der Waals surface area contributed by atoms with Crippen molar-refractivity contribution < 1.29 is 9.90 Å². The predicted octanol–water partition coefficient (Wildman–Crippen LogP) is 4.53. The van der Waals surface area contributed by atoms with Crippen molar-refractivity contribution in [3.8, 4) is 0 Å². The summed E-state index contributed by atoms with van der Waals surface area (Å²) in [6.45, 7) is 4.17. The molecule has 3 N–H and O–H groups in total. The summed E-state index contributed by atoms with van der Waals surface area (Å²) in [5.41, 5.74) is 4.28. The first-order chi connectivity index (χ1) is 12.6. The van der Waals surface area contributed by atoms with Gasteiger partial charge in [-0.1, -0.05) is 31.2 Å². The standard InChI is InChI=1S/C20H20N4O2/c1-3-14-7-4-6-13(2)19(14)24-18-11-17(21-12-22-18)23-16-9-5-8-15(10-16)20(25)26/h4-12H,3H2,1-2H3,(H,25,26)(H2,21,22,23,24). The molecule has 0 fully saturated rings. The van der Waals surface area contributed by atoms with Crippen molar-refractivity contribution in [3.63, 3.8) is 0 Å². The van der Waals surface area contributed by atoms with E-state index in [0.717, 1.165) is 17.7 Å². The van der Waals surface area contributed by atoms with Crippen LogP contribution in [0.4, 0.5) is 23.0 Å². The highest BCUT2D eigenvalue weighted by atomic mass is 16.4. The van der Waals surface area contributed by atoms with Gasteiger partial charge in [0.15, 0.2) is 0 Å². The van der Waals surface area contributed by atoms with Crippen molar-refractivity contribution in [1.82, 2.24) is 9.97 Å². The van der Waals surface area contributed by atoms with Crippen LogP contribution in [0, 0.1) is 6.92 Å². The van der Waals surface area contributed by atoms with Gasteiger partial charge in [0.05, 0.1) is 5.56 Å². The van der Waals surface area contributed by atoms with Crippen LogP contribution in [0.25, 0.3) is 0 Å². The van der Waals surface area contributed by atoms with Gasteiger partial charge in [0.1, 0.15) is 18.0 Å². The number of para-hydroxylation sites is 1. The largest absolute Gasteiger partial charge is 0.478 e. The molecule has 6 heteroatoms. The maximum atomic E-state index is 11.1. The Morgan fingerprint density at radius 1 is 1.04 bits per heavy atom. The summed E-state index contributed by atoms with van der Waals surface area (Å²) in [5, 5.41) is 15.6. The highest BCUT2D eigenvalue weighted by molar-refractivity contribution is 5.89. The van der Waals surface area contributed by atoms with E-state index in [4.69, 9.17) is 5.11 Å². The second-order valence-electron chi connectivity index (χ2n) is 5.89. The van der Waals surface area contributed by atoms with Crippen molar-refractivity contribution in [3.05, 3.63) is 71.5 Å². The predicted molar refractivity (Wildman–Crippen MR) is 103 cm³/mol. The molecule has 2 aromatic carbocycles. The van der Waals surface area contributed by atoms with Gasteiger partial charge < -0.3 is 15.7 Å². The number of carboxylic acid groups (broad SMARTS) is 1. The molecular weight excluding hydrogens is 328 g/mol. The Hall–Kier alpha value is -3.41. The van der Waals surface area contributed by atoms with E-state index in [-0.39, 0.29) is 5.56 Å². The molecule has 0 amide bonds. The number of carboxylic acids is 1. The Bertz CT molecular complexity index is 941. The maximum absolute atomic E-state index is 11.1. The van der Waals surface area contributed by atoms with E-state index < -0.39 is 5.97 Å². The molecule has 0 aliphatic carbocycles.